The molecule has 1 aliphatic heterocycles. The largest absolute Gasteiger partial charge is 0.483 e. The molecule has 0 aliphatic carbocycles. The Morgan fingerprint density at radius 2 is 1.97 bits per heavy atom. The van der Waals surface area contributed by atoms with Crippen molar-refractivity contribution in [2.45, 2.75) is 31.8 Å². The molecule has 1 fully saturated rings. The number of hydrogen-bond donors (Lipinski definition) is 2. The van der Waals surface area contributed by atoms with Crippen LogP contribution < -0.4 is 20.3 Å². The highest BCUT2D eigenvalue weighted by Crippen LogP contribution is 2.28. The number of rotatable bonds is 8. The van der Waals surface area contributed by atoms with E-state index in [9.17, 15) is 18.4 Å². The Kier molecular flexibility index (Phi) is 8.08. The van der Waals surface area contributed by atoms with E-state index < -0.39 is 11.6 Å². The average Bonchev–Trinajstić information content (AvgIpc) is 3.23. The highest BCUT2D eigenvalue weighted by atomic mass is 19.1. The molecule has 3 rings (SSSR count). The standard InChI is InChI=1S/C24H30F2N4O3/c1-4-20(18-7-5-6-8-22(18)33-15-23(31)29(2)3)28-24(32)27-17-11-12-30(14-17)21-10-9-16(25)13-19(21)26/h5-10,13,17,20H,4,11-12,14-15H2,1-3H3,(H2,27,28,32). The summed E-state index contributed by atoms with van der Waals surface area (Å²) in [6.07, 6.45) is 1.26. The third-order valence-electron chi connectivity index (χ3n) is 5.63. The Balaban J connectivity index is 1.59. The minimum absolute atomic E-state index is 0.0928. The number of benzene rings is 2. The Morgan fingerprint density at radius 1 is 1.21 bits per heavy atom. The molecule has 1 saturated heterocycles. The van der Waals surface area contributed by atoms with Crippen molar-refractivity contribution in [1.29, 1.82) is 0 Å². The Labute approximate surface area is 192 Å². The predicted octanol–water partition coefficient (Wildman–Crippen LogP) is 3.46. The van der Waals surface area contributed by atoms with Crippen molar-refractivity contribution in [3.8, 4) is 5.75 Å². The first-order valence-electron chi connectivity index (χ1n) is 11.0. The minimum Gasteiger partial charge on any atom is -0.483 e. The molecule has 0 spiro atoms. The van der Waals surface area contributed by atoms with Crippen molar-refractivity contribution in [3.05, 3.63) is 59.7 Å². The number of urea groups is 1. The van der Waals surface area contributed by atoms with Gasteiger partial charge in [0.25, 0.3) is 5.91 Å². The van der Waals surface area contributed by atoms with Crippen LogP contribution in [0, 0.1) is 11.6 Å². The van der Waals surface area contributed by atoms with Gasteiger partial charge < -0.3 is 25.2 Å². The van der Waals surface area contributed by atoms with E-state index in [0.29, 0.717) is 37.4 Å². The van der Waals surface area contributed by atoms with E-state index in [1.54, 1.807) is 25.1 Å². The second-order valence-corrected chi connectivity index (χ2v) is 8.22. The van der Waals surface area contributed by atoms with Gasteiger partial charge in [0.05, 0.1) is 11.7 Å². The van der Waals surface area contributed by atoms with Crippen LogP contribution in [0.5, 0.6) is 5.75 Å². The number of likely N-dealkylation sites (N-methyl/N-ethyl adjacent to an activating group) is 1. The minimum atomic E-state index is -0.620. The van der Waals surface area contributed by atoms with Gasteiger partial charge in [-0.1, -0.05) is 25.1 Å². The smallest absolute Gasteiger partial charge is 0.315 e. The molecule has 2 atom stereocenters. The van der Waals surface area contributed by atoms with Gasteiger partial charge in [-0.05, 0) is 31.0 Å². The summed E-state index contributed by atoms with van der Waals surface area (Å²) in [5.41, 5.74) is 1.11. The molecular weight excluding hydrogens is 430 g/mol. The van der Waals surface area contributed by atoms with Crippen LogP contribution in [0.2, 0.25) is 0 Å². The highest BCUT2D eigenvalue weighted by Gasteiger charge is 2.27. The Bertz CT molecular complexity index is 986. The van der Waals surface area contributed by atoms with Crippen LogP contribution in [0.4, 0.5) is 19.3 Å². The zero-order valence-electron chi connectivity index (χ0n) is 19.1. The molecule has 33 heavy (non-hydrogen) atoms. The number of ether oxygens (including phenoxy) is 1. The zero-order chi connectivity index (χ0) is 24.0. The number of carbonyl (C=O) groups excluding carboxylic acids is 2. The molecule has 0 bridgehead atoms. The van der Waals surface area contributed by atoms with Crippen molar-refractivity contribution in [2.75, 3.05) is 38.7 Å². The summed E-state index contributed by atoms with van der Waals surface area (Å²) in [6.45, 7) is 2.84. The Hall–Kier alpha value is -3.36. The van der Waals surface area contributed by atoms with Crippen LogP contribution in [0.1, 0.15) is 31.4 Å². The second kappa shape index (κ2) is 11.0. The summed E-state index contributed by atoms with van der Waals surface area (Å²) in [5, 5.41) is 5.91. The van der Waals surface area contributed by atoms with Crippen molar-refractivity contribution in [3.63, 3.8) is 0 Å². The van der Waals surface area contributed by atoms with Gasteiger partial charge >= 0.3 is 6.03 Å². The first-order valence-corrected chi connectivity index (χ1v) is 11.0. The maximum absolute atomic E-state index is 14.1. The number of nitrogens with one attached hydrogen (secondary N) is 2. The normalized spacial score (nSPS) is 16.3. The number of nitrogens with zero attached hydrogens (tertiary/aromatic N) is 2. The van der Waals surface area contributed by atoms with E-state index in [1.807, 2.05) is 25.1 Å². The molecule has 1 heterocycles. The van der Waals surface area contributed by atoms with Gasteiger partial charge in [-0.15, -0.1) is 0 Å². The van der Waals surface area contributed by atoms with Crippen molar-refractivity contribution in [1.82, 2.24) is 15.5 Å². The van der Waals surface area contributed by atoms with E-state index in [1.165, 1.54) is 17.0 Å². The number of hydrogen-bond acceptors (Lipinski definition) is 4. The quantitative estimate of drug-likeness (QED) is 0.633. The van der Waals surface area contributed by atoms with Gasteiger partial charge in [0.15, 0.2) is 6.61 Å². The summed E-state index contributed by atoms with van der Waals surface area (Å²) in [6, 6.07) is 9.97. The third-order valence-corrected chi connectivity index (χ3v) is 5.63. The lowest BCUT2D eigenvalue weighted by Gasteiger charge is -2.23. The molecule has 2 N–H and O–H groups in total. The molecule has 2 unspecified atom stereocenters. The second-order valence-electron chi connectivity index (χ2n) is 8.22. The molecule has 0 saturated carbocycles. The molecule has 1 aliphatic rings. The van der Waals surface area contributed by atoms with Gasteiger partial charge in [0, 0.05) is 44.9 Å². The molecule has 0 aromatic heterocycles. The molecule has 7 nitrogen and oxygen atoms in total. The number of amides is 3. The highest BCUT2D eigenvalue weighted by molar-refractivity contribution is 5.77. The maximum atomic E-state index is 14.1. The first-order chi connectivity index (χ1) is 15.8. The molecule has 178 valence electrons. The lowest BCUT2D eigenvalue weighted by Crippen LogP contribution is -2.44. The Morgan fingerprint density at radius 3 is 2.67 bits per heavy atom. The van der Waals surface area contributed by atoms with Crippen LogP contribution in [-0.2, 0) is 4.79 Å². The van der Waals surface area contributed by atoms with Crippen LogP contribution in [-0.4, -0.2) is 56.7 Å². The van der Waals surface area contributed by atoms with Crippen molar-refractivity contribution >= 4 is 17.6 Å². The predicted molar refractivity (Wildman–Crippen MR) is 122 cm³/mol. The van der Waals surface area contributed by atoms with E-state index in [0.717, 1.165) is 11.6 Å². The molecule has 0 radical (unpaired) electrons. The maximum Gasteiger partial charge on any atom is 0.315 e. The fourth-order valence-corrected chi connectivity index (χ4v) is 3.79. The van der Waals surface area contributed by atoms with Gasteiger partial charge in [0.2, 0.25) is 0 Å². The first kappa shape index (κ1) is 24.3. The molecule has 3 amide bonds. The van der Waals surface area contributed by atoms with Gasteiger partial charge in [-0.3, -0.25) is 4.79 Å². The average molecular weight is 461 g/mol. The molecule has 9 heteroatoms. The fraction of sp³-hybridized carbons (Fsp3) is 0.417. The summed E-state index contributed by atoms with van der Waals surface area (Å²) < 4.78 is 33.0. The van der Waals surface area contributed by atoms with E-state index in [4.69, 9.17) is 4.74 Å². The van der Waals surface area contributed by atoms with Crippen molar-refractivity contribution in [2.24, 2.45) is 0 Å². The summed E-state index contributed by atoms with van der Waals surface area (Å²) >= 11 is 0. The monoisotopic (exact) mass is 460 g/mol. The summed E-state index contributed by atoms with van der Waals surface area (Å²) in [4.78, 5) is 27.8. The van der Waals surface area contributed by atoms with Crippen LogP contribution in [0.15, 0.2) is 42.5 Å². The van der Waals surface area contributed by atoms with Crippen LogP contribution in [0.25, 0.3) is 0 Å². The van der Waals surface area contributed by atoms with E-state index in [2.05, 4.69) is 10.6 Å². The van der Waals surface area contributed by atoms with Crippen LogP contribution >= 0.6 is 0 Å². The van der Waals surface area contributed by atoms with Gasteiger partial charge in [-0.25, -0.2) is 13.6 Å². The van der Waals surface area contributed by atoms with Crippen LogP contribution in [0.3, 0.4) is 0 Å². The molecule has 2 aromatic rings. The number of halogens is 2. The third kappa shape index (κ3) is 6.34. The van der Waals surface area contributed by atoms with E-state index >= 15 is 0 Å². The zero-order valence-corrected chi connectivity index (χ0v) is 19.1. The van der Waals surface area contributed by atoms with Gasteiger partial charge in [0.1, 0.15) is 17.4 Å². The van der Waals surface area contributed by atoms with Gasteiger partial charge in [-0.2, -0.15) is 0 Å². The van der Waals surface area contributed by atoms with Crippen molar-refractivity contribution < 1.29 is 23.1 Å². The topological polar surface area (TPSA) is 73.9 Å². The van der Waals surface area contributed by atoms with E-state index in [-0.39, 0.29) is 30.6 Å². The number of anilines is 1. The molecular formula is C24H30F2N4O3. The number of carbonyl (C=O) groups is 2. The number of para-hydroxylation sites is 1. The summed E-state index contributed by atoms with van der Waals surface area (Å²) in [5.74, 6) is -0.855. The SMILES string of the molecule is CCC(NC(=O)NC1CCN(c2ccc(F)cc2F)C1)c1ccccc1OCC(=O)N(C)C. The lowest BCUT2D eigenvalue weighted by atomic mass is 10.0. The lowest BCUT2D eigenvalue weighted by molar-refractivity contribution is -0.130. The fourth-order valence-electron chi connectivity index (χ4n) is 3.79. The summed E-state index contributed by atoms with van der Waals surface area (Å²) in [7, 11) is 3.32. The molecule has 2 aromatic carbocycles.